The Morgan fingerprint density at radius 1 is 1.29 bits per heavy atom. The van der Waals surface area contributed by atoms with E-state index in [9.17, 15) is 14.7 Å². The van der Waals surface area contributed by atoms with Crippen molar-refractivity contribution < 1.29 is 19.4 Å². The van der Waals surface area contributed by atoms with Crippen molar-refractivity contribution in [1.29, 1.82) is 0 Å². The third-order valence-corrected chi connectivity index (χ3v) is 3.61. The molecule has 7 nitrogen and oxygen atoms in total. The molecule has 1 unspecified atom stereocenters. The molecule has 0 bridgehead atoms. The van der Waals surface area contributed by atoms with Crippen LogP contribution in [0.4, 0.5) is 0 Å². The van der Waals surface area contributed by atoms with Crippen LogP contribution >= 0.6 is 0 Å². The van der Waals surface area contributed by atoms with E-state index in [4.69, 9.17) is 4.74 Å². The number of ether oxygens (including phenoxy) is 1. The molecule has 0 radical (unpaired) electrons. The fourth-order valence-corrected chi connectivity index (χ4v) is 2.31. The van der Waals surface area contributed by atoms with Crippen molar-refractivity contribution in [2.24, 2.45) is 0 Å². The minimum absolute atomic E-state index is 0.125. The molecule has 1 atom stereocenters. The fourth-order valence-electron chi connectivity index (χ4n) is 2.31. The highest BCUT2D eigenvalue weighted by Gasteiger charge is 2.32. The van der Waals surface area contributed by atoms with Gasteiger partial charge < -0.3 is 15.2 Å². The molecule has 1 heterocycles. The summed E-state index contributed by atoms with van der Waals surface area (Å²) in [5, 5.41) is 12.0. The Bertz CT molecular complexity index is 746. The van der Waals surface area contributed by atoms with Crippen LogP contribution in [-0.2, 0) is 10.3 Å². The van der Waals surface area contributed by atoms with Crippen molar-refractivity contribution in [2.75, 3.05) is 7.11 Å². The summed E-state index contributed by atoms with van der Waals surface area (Å²) in [5.74, 6) is -0.946. The number of rotatable bonds is 6. The second-order valence-corrected chi connectivity index (χ2v) is 5.63. The molecule has 1 aromatic heterocycles. The van der Waals surface area contributed by atoms with Gasteiger partial charge in [0.15, 0.2) is 0 Å². The molecule has 2 aromatic rings. The van der Waals surface area contributed by atoms with Crippen molar-refractivity contribution in [1.82, 2.24) is 15.3 Å². The molecule has 0 saturated carbocycles. The van der Waals surface area contributed by atoms with Crippen LogP contribution in [0.3, 0.4) is 0 Å². The third-order valence-electron chi connectivity index (χ3n) is 3.61. The van der Waals surface area contributed by atoms with Gasteiger partial charge in [-0.15, -0.1) is 0 Å². The molecule has 0 saturated heterocycles. The normalized spacial score (nSPS) is 13.0. The van der Waals surface area contributed by atoms with Crippen molar-refractivity contribution in [3.05, 3.63) is 53.6 Å². The van der Waals surface area contributed by atoms with Crippen molar-refractivity contribution >= 4 is 11.9 Å². The van der Waals surface area contributed by atoms with Crippen LogP contribution in [0.2, 0.25) is 0 Å². The lowest BCUT2D eigenvalue weighted by atomic mass is 9.88. The van der Waals surface area contributed by atoms with Gasteiger partial charge in [-0.05, 0) is 31.5 Å². The quantitative estimate of drug-likeness (QED) is 0.839. The summed E-state index contributed by atoms with van der Waals surface area (Å²) >= 11 is 0. The molecule has 2 N–H and O–H groups in total. The zero-order chi connectivity index (χ0) is 17.7. The number of nitrogens with zero attached hydrogens (tertiary/aromatic N) is 2. The lowest BCUT2D eigenvalue weighted by molar-refractivity contribution is -0.138. The van der Waals surface area contributed by atoms with E-state index in [0.717, 1.165) is 0 Å². The lowest BCUT2D eigenvalue weighted by Crippen LogP contribution is -2.45. The van der Waals surface area contributed by atoms with Gasteiger partial charge in [-0.2, -0.15) is 0 Å². The van der Waals surface area contributed by atoms with Gasteiger partial charge in [0.25, 0.3) is 5.91 Å². The van der Waals surface area contributed by atoms with Gasteiger partial charge in [-0.1, -0.05) is 12.1 Å². The number of amides is 1. The number of carboxylic acid groups (broad SMARTS) is 1. The minimum Gasteiger partial charge on any atom is -0.497 e. The molecular weight excluding hydrogens is 310 g/mol. The first-order chi connectivity index (χ1) is 11.3. The Morgan fingerprint density at radius 2 is 2.04 bits per heavy atom. The zero-order valence-electron chi connectivity index (χ0n) is 13.7. The molecule has 1 amide bonds. The summed E-state index contributed by atoms with van der Waals surface area (Å²) in [6.07, 6.45) is 2.55. The van der Waals surface area contributed by atoms with Crippen molar-refractivity contribution in [3.63, 3.8) is 0 Å². The Labute approximate surface area is 139 Å². The van der Waals surface area contributed by atoms with E-state index in [1.807, 2.05) is 0 Å². The van der Waals surface area contributed by atoms with Crippen LogP contribution in [0.1, 0.15) is 35.1 Å². The van der Waals surface area contributed by atoms with E-state index in [0.29, 0.717) is 17.0 Å². The van der Waals surface area contributed by atoms with Crippen LogP contribution < -0.4 is 10.1 Å². The number of carboxylic acids is 1. The average Bonchev–Trinajstić information content (AvgIpc) is 2.54. The van der Waals surface area contributed by atoms with Gasteiger partial charge in [0, 0.05) is 6.20 Å². The van der Waals surface area contributed by atoms with Gasteiger partial charge in [0.05, 0.1) is 31.0 Å². The number of hydrogen-bond donors (Lipinski definition) is 2. The molecular formula is C17H19N3O4. The van der Waals surface area contributed by atoms with E-state index in [2.05, 4.69) is 15.3 Å². The van der Waals surface area contributed by atoms with Crippen LogP contribution in [0.5, 0.6) is 5.75 Å². The van der Waals surface area contributed by atoms with E-state index < -0.39 is 17.4 Å². The number of benzene rings is 1. The van der Waals surface area contributed by atoms with Gasteiger partial charge in [0.1, 0.15) is 11.4 Å². The molecule has 1 aromatic carbocycles. The second-order valence-electron chi connectivity index (χ2n) is 5.63. The maximum atomic E-state index is 12.4. The van der Waals surface area contributed by atoms with Gasteiger partial charge >= 0.3 is 5.97 Å². The second kappa shape index (κ2) is 7.08. The maximum absolute atomic E-state index is 12.4. The predicted molar refractivity (Wildman–Crippen MR) is 86.8 cm³/mol. The summed E-state index contributed by atoms with van der Waals surface area (Å²) in [5.41, 5.74) is 0.315. The largest absolute Gasteiger partial charge is 0.497 e. The van der Waals surface area contributed by atoms with Crippen LogP contribution in [0.25, 0.3) is 0 Å². The zero-order valence-corrected chi connectivity index (χ0v) is 13.7. The SMILES string of the molecule is COc1cccc(C(C)(CC(=O)O)NC(=O)c2cnc(C)cn2)c1. The summed E-state index contributed by atoms with van der Waals surface area (Å²) < 4.78 is 5.18. The first-order valence-corrected chi connectivity index (χ1v) is 7.31. The molecule has 0 spiro atoms. The number of hydrogen-bond acceptors (Lipinski definition) is 5. The Kier molecular flexibility index (Phi) is 5.13. The number of carbonyl (C=O) groups excluding carboxylic acids is 1. The average molecular weight is 329 g/mol. The Hall–Kier alpha value is -2.96. The number of aryl methyl sites for hydroxylation is 1. The first-order valence-electron chi connectivity index (χ1n) is 7.31. The summed E-state index contributed by atoms with van der Waals surface area (Å²) in [4.78, 5) is 31.8. The molecule has 0 aliphatic carbocycles. The molecule has 7 heteroatoms. The van der Waals surface area contributed by atoms with Gasteiger partial charge in [-0.25, -0.2) is 4.98 Å². The smallest absolute Gasteiger partial charge is 0.306 e. The number of methoxy groups -OCH3 is 1. The van der Waals surface area contributed by atoms with Gasteiger partial charge in [0.2, 0.25) is 0 Å². The standard InChI is InChI=1S/C17H19N3O4/c1-11-9-19-14(10-18-11)16(23)20-17(2,8-15(21)22)12-5-4-6-13(7-12)24-3/h4-7,9-10H,8H2,1-3H3,(H,20,23)(H,21,22). The molecule has 0 aliphatic rings. The fraction of sp³-hybridized carbons (Fsp3) is 0.294. The van der Waals surface area contributed by atoms with Crippen molar-refractivity contribution in [2.45, 2.75) is 25.8 Å². The predicted octanol–water partition coefficient (Wildman–Crippen LogP) is 1.91. The summed E-state index contributed by atoms with van der Waals surface area (Å²) in [6.45, 7) is 3.41. The molecule has 126 valence electrons. The number of nitrogens with one attached hydrogen (secondary N) is 1. The maximum Gasteiger partial charge on any atom is 0.306 e. The summed E-state index contributed by atoms with van der Waals surface area (Å²) in [7, 11) is 1.52. The van der Waals surface area contributed by atoms with Crippen LogP contribution in [-0.4, -0.2) is 34.1 Å². The van der Waals surface area contributed by atoms with E-state index in [-0.39, 0.29) is 12.1 Å². The van der Waals surface area contributed by atoms with Crippen LogP contribution in [0, 0.1) is 6.92 Å². The van der Waals surface area contributed by atoms with E-state index >= 15 is 0 Å². The van der Waals surface area contributed by atoms with E-state index in [1.165, 1.54) is 19.5 Å². The molecule has 0 aliphatic heterocycles. The Balaban J connectivity index is 2.34. The highest BCUT2D eigenvalue weighted by atomic mass is 16.5. The summed E-state index contributed by atoms with van der Waals surface area (Å²) in [6, 6.07) is 6.93. The monoisotopic (exact) mass is 329 g/mol. The highest BCUT2D eigenvalue weighted by molar-refractivity contribution is 5.93. The number of carbonyl (C=O) groups is 2. The van der Waals surface area contributed by atoms with E-state index in [1.54, 1.807) is 38.1 Å². The molecule has 2 rings (SSSR count). The van der Waals surface area contributed by atoms with Crippen LogP contribution in [0.15, 0.2) is 36.7 Å². The first kappa shape index (κ1) is 17.4. The van der Waals surface area contributed by atoms with Gasteiger partial charge in [-0.3, -0.25) is 14.6 Å². The molecule has 24 heavy (non-hydrogen) atoms. The highest BCUT2D eigenvalue weighted by Crippen LogP contribution is 2.28. The lowest BCUT2D eigenvalue weighted by Gasteiger charge is -2.30. The Morgan fingerprint density at radius 3 is 2.62 bits per heavy atom. The minimum atomic E-state index is -1.12. The molecule has 0 fully saturated rings. The number of aliphatic carboxylic acids is 1. The number of aromatic nitrogens is 2. The third kappa shape index (κ3) is 4.07. The van der Waals surface area contributed by atoms with Crippen molar-refractivity contribution in [3.8, 4) is 5.75 Å². The topological polar surface area (TPSA) is 101 Å².